The Kier molecular flexibility index (Phi) is 4.63. The molecule has 3 atom stereocenters. The van der Waals surface area contributed by atoms with E-state index in [9.17, 15) is 4.79 Å². The van der Waals surface area contributed by atoms with Crippen molar-refractivity contribution < 1.29 is 9.53 Å². The van der Waals surface area contributed by atoms with Gasteiger partial charge in [-0.1, -0.05) is 37.5 Å². The summed E-state index contributed by atoms with van der Waals surface area (Å²) in [6.07, 6.45) is 8.91. The summed E-state index contributed by atoms with van der Waals surface area (Å²) in [5, 5.41) is 0. The summed E-state index contributed by atoms with van der Waals surface area (Å²) < 4.78 is 5.45. The highest BCUT2D eigenvalue weighted by atomic mass is 16.5. The molecule has 0 N–H and O–H groups in total. The number of esters is 1. The Hall–Kier alpha value is -1.49. The van der Waals surface area contributed by atoms with E-state index in [-0.39, 0.29) is 23.2 Å². The maximum atomic E-state index is 12.2. The normalized spacial score (nSPS) is 26.1. The fraction of sp³-hybridized carbons (Fsp3) is 0.588. The first-order valence-electron chi connectivity index (χ1n) is 6.70. The van der Waals surface area contributed by atoms with E-state index in [1.54, 1.807) is 0 Å². The Morgan fingerprint density at radius 3 is 2.37 bits per heavy atom. The largest absolute Gasteiger partial charge is 0.444 e. The number of ether oxygens (including phenoxy) is 1. The molecule has 1 rings (SSSR count). The number of allylic oxidation sites excluding steroid dienone is 3. The first-order valence-corrected chi connectivity index (χ1v) is 6.70. The lowest BCUT2D eigenvalue weighted by Crippen LogP contribution is -2.20. The van der Waals surface area contributed by atoms with Gasteiger partial charge in [-0.3, -0.25) is 4.79 Å². The molecule has 2 nitrogen and oxygen atoms in total. The van der Waals surface area contributed by atoms with Crippen molar-refractivity contribution in [1.82, 2.24) is 0 Å². The zero-order valence-electron chi connectivity index (χ0n) is 12.8. The van der Waals surface area contributed by atoms with E-state index in [1.165, 1.54) is 5.57 Å². The molecule has 0 saturated heterocycles. The van der Waals surface area contributed by atoms with Crippen LogP contribution in [0, 0.1) is 29.6 Å². The van der Waals surface area contributed by atoms with Crippen LogP contribution in [0.25, 0.3) is 0 Å². The van der Waals surface area contributed by atoms with Gasteiger partial charge in [-0.15, -0.1) is 6.42 Å². The van der Waals surface area contributed by atoms with Crippen LogP contribution in [0.15, 0.2) is 23.3 Å². The van der Waals surface area contributed by atoms with E-state index in [0.717, 1.165) is 5.57 Å². The molecule has 0 bridgehead atoms. The van der Waals surface area contributed by atoms with Crippen LogP contribution in [-0.2, 0) is 9.53 Å². The average molecular weight is 260 g/mol. The quantitative estimate of drug-likeness (QED) is 0.437. The van der Waals surface area contributed by atoms with Gasteiger partial charge in [0.25, 0.3) is 0 Å². The first kappa shape index (κ1) is 15.6. The van der Waals surface area contributed by atoms with Gasteiger partial charge in [0.05, 0.1) is 5.92 Å². The fourth-order valence-electron chi connectivity index (χ4n) is 2.40. The summed E-state index contributed by atoms with van der Waals surface area (Å²) in [6, 6.07) is 0. The van der Waals surface area contributed by atoms with Crippen LogP contribution < -0.4 is 0 Å². The Bertz CT molecular complexity index is 456. The van der Waals surface area contributed by atoms with Crippen molar-refractivity contribution in [1.29, 1.82) is 0 Å². The molecule has 0 radical (unpaired) electrons. The number of terminal acetylenes is 1. The fourth-order valence-corrected chi connectivity index (χ4v) is 2.40. The summed E-state index contributed by atoms with van der Waals surface area (Å²) in [4.78, 5) is 12.2. The topological polar surface area (TPSA) is 26.3 Å². The Morgan fingerprint density at radius 1 is 1.37 bits per heavy atom. The second kappa shape index (κ2) is 5.65. The molecule has 19 heavy (non-hydrogen) atoms. The molecule has 3 unspecified atom stereocenters. The molecule has 1 fully saturated rings. The average Bonchev–Trinajstić information content (AvgIpc) is 2.85. The Labute approximate surface area is 116 Å². The van der Waals surface area contributed by atoms with Gasteiger partial charge in [0.1, 0.15) is 0 Å². The molecule has 1 aliphatic rings. The van der Waals surface area contributed by atoms with E-state index in [2.05, 4.69) is 25.8 Å². The van der Waals surface area contributed by atoms with Gasteiger partial charge in [-0.05, 0) is 44.6 Å². The molecular formula is C17H24O2. The van der Waals surface area contributed by atoms with Crippen LogP contribution in [0.1, 0.15) is 41.5 Å². The predicted molar refractivity (Wildman–Crippen MR) is 78.3 cm³/mol. The SMILES string of the molecule is C#CC(OC(=O)C1C(C=C(C)C)C1(C)C)/C(C)=C/C. The number of carbonyl (C=O) groups is 1. The lowest BCUT2D eigenvalue weighted by atomic mass is 10.1. The van der Waals surface area contributed by atoms with Gasteiger partial charge in [0.2, 0.25) is 0 Å². The van der Waals surface area contributed by atoms with Crippen LogP contribution in [0.2, 0.25) is 0 Å². The molecule has 0 heterocycles. The molecule has 1 saturated carbocycles. The van der Waals surface area contributed by atoms with Gasteiger partial charge >= 0.3 is 5.97 Å². The maximum Gasteiger partial charge on any atom is 0.311 e. The van der Waals surface area contributed by atoms with E-state index < -0.39 is 6.10 Å². The zero-order chi connectivity index (χ0) is 14.8. The highest BCUT2D eigenvalue weighted by molar-refractivity contribution is 5.79. The lowest BCUT2D eigenvalue weighted by molar-refractivity contribution is -0.147. The van der Waals surface area contributed by atoms with E-state index in [0.29, 0.717) is 0 Å². The van der Waals surface area contributed by atoms with Crippen LogP contribution in [0.3, 0.4) is 0 Å². The summed E-state index contributed by atoms with van der Waals surface area (Å²) in [7, 11) is 0. The van der Waals surface area contributed by atoms with E-state index in [1.807, 2.05) is 33.8 Å². The standard InChI is InChI=1S/C17H24O2/c1-8-12(5)14(9-2)19-16(18)15-13(10-11(3)4)17(15,6)7/h2,8,10,13-15H,1,3-7H3/b12-8+. The smallest absolute Gasteiger partial charge is 0.311 e. The van der Waals surface area contributed by atoms with Crippen LogP contribution >= 0.6 is 0 Å². The molecule has 2 heteroatoms. The number of rotatable bonds is 4. The van der Waals surface area contributed by atoms with Crippen molar-refractivity contribution in [3.8, 4) is 12.3 Å². The first-order chi connectivity index (χ1) is 8.75. The van der Waals surface area contributed by atoms with Gasteiger partial charge in [-0.2, -0.15) is 0 Å². The Balaban J connectivity index is 2.76. The van der Waals surface area contributed by atoms with Crippen molar-refractivity contribution in [2.45, 2.75) is 47.6 Å². The minimum atomic E-state index is -0.541. The third-order valence-corrected chi connectivity index (χ3v) is 3.93. The summed E-state index contributed by atoms with van der Waals surface area (Å²) in [5.74, 6) is 2.52. The third kappa shape index (κ3) is 3.29. The Morgan fingerprint density at radius 2 is 1.95 bits per heavy atom. The zero-order valence-corrected chi connectivity index (χ0v) is 12.8. The van der Waals surface area contributed by atoms with Gasteiger partial charge in [0.15, 0.2) is 6.10 Å². The number of carbonyl (C=O) groups excluding carboxylic acids is 1. The van der Waals surface area contributed by atoms with Gasteiger partial charge in [-0.25, -0.2) is 0 Å². The van der Waals surface area contributed by atoms with Gasteiger partial charge < -0.3 is 4.74 Å². The van der Waals surface area contributed by atoms with Crippen LogP contribution in [0.4, 0.5) is 0 Å². The third-order valence-electron chi connectivity index (χ3n) is 3.93. The van der Waals surface area contributed by atoms with Gasteiger partial charge in [0, 0.05) is 0 Å². The molecule has 0 amide bonds. The van der Waals surface area contributed by atoms with Crippen molar-refractivity contribution in [3.05, 3.63) is 23.3 Å². The minimum absolute atomic E-state index is 0.0304. The minimum Gasteiger partial charge on any atom is -0.444 e. The molecule has 0 spiro atoms. The summed E-state index contributed by atoms with van der Waals surface area (Å²) in [5.41, 5.74) is 2.09. The molecule has 0 aromatic heterocycles. The number of hydrogen-bond acceptors (Lipinski definition) is 2. The molecule has 1 aliphatic carbocycles. The lowest BCUT2D eigenvalue weighted by Gasteiger charge is -2.13. The predicted octanol–water partition coefficient (Wildman–Crippen LogP) is 3.74. The van der Waals surface area contributed by atoms with Crippen molar-refractivity contribution in [2.75, 3.05) is 0 Å². The highest BCUT2D eigenvalue weighted by Gasteiger charge is 2.61. The second-order valence-electron chi connectivity index (χ2n) is 6.09. The van der Waals surface area contributed by atoms with Crippen molar-refractivity contribution in [3.63, 3.8) is 0 Å². The van der Waals surface area contributed by atoms with Crippen LogP contribution in [0.5, 0.6) is 0 Å². The molecule has 0 aliphatic heterocycles. The molecule has 0 aromatic carbocycles. The molecular weight excluding hydrogens is 236 g/mol. The number of hydrogen-bond donors (Lipinski definition) is 0. The monoisotopic (exact) mass is 260 g/mol. The van der Waals surface area contributed by atoms with Crippen molar-refractivity contribution in [2.24, 2.45) is 17.3 Å². The second-order valence-corrected chi connectivity index (χ2v) is 6.09. The summed E-state index contributed by atoms with van der Waals surface area (Å²) >= 11 is 0. The van der Waals surface area contributed by atoms with E-state index >= 15 is 0 Å². The highest BCUT2D eigenvalue weighted by Crippen LogP contribution is 2.59. The van der Waals surface area contributed by atoms with Crippen LogP contribution in [-0.4, -0.2) is 12.1 Å². The maximum absolute atomic E-state index is 12.2. The molecule has 0 aromatic rings. The van der Waals surface area contributed by atoms with E-state index in [4.69, 9.17) is 11.2 Å². The molecule has 104 valence electrons. The van der Waals surface area contributed by atoms with Crippen molar-refractivity contribution >= 4 is 5.97 Å². The summed E-state index contributed by atoms with van der Waals surface area (Å²) in [6.45, 7) is 12.0.